The van der Waals surface area contributed by atoms with Crippen molar-refractivity contribution in [2.24, 2.45) is 0 Å². The third-order valence-corrected chi connectivity index (χ3v) is 3.91. The summed E-state index contributed by atoms with van der Waals surface area (Å²) >= 11 is 1.26. The minimum atomic E-state index is -0.122. The van der Waals surface area contributed by atoms with Gasteiger partial charge in [0.1, 0.15) is 12.2 Å². The normalized spacial score (nSPS) is 22.8. The second kappa shape index (κ2) is 6.27. The number of carbonyl (C=O) groups is 1. The molecule has 19 heavy (non-hydrogen) atoms. The molecule has 2 atom stereocenters. The fraction of sp³-hybridized carbons (Fsp3) is 0.727. The van der Waals surface area contributed by atoms with E-state index in [1.807, 2.05) is 6.92 Å². The van der Waals surface area contributed by atoms with Crippen molar-refractivity contribution >= 4 is 22.4 Å². The van der Waals surface area contributed by atoms with Crippen LogP contribution in [0.1, 0.15) is 16.7 Å². The first-order valence-electron chi connectivity index (χ1n) is 6.11. The first-order chi connectivity index (χ1) is 9.19. The minimum Gasteiger partial charge on any atom is -0.377 e. The Morgan fingerprint density at radius 1 is 1.37 bits per heavy atom. The smallest absolute Gasteiger partial charge is 0.285 e. The molecule has 2 heterocycles. The summed E-state index contributed by atoms with van der Waals surface area (Å²) in [6, 6.07) is 0. The fourth-order valence-electron chi connectivity index (χ4n) is 2.03. The number of carbonyl (C=O) groups excluding carboxylic acids is 1. The van der Waals surface area contributed by atoms with Crippen molar-refractivity contribution in [1.82, 2.24) is 15.1 Å². The van der Waals surface area contributed by atoms with E-state index in [1.54, 1.807) is 19.1 Å². The highest BCUT2D eigenvalue weighted by Gasteiger charge is 2.36. The Labute approximate surface area is 115 Å². The molecule has 1 amide bonds. The number of anilines is 1. The number of nitrogens with one attached hydrogen (secondary N) is 1. The summed E-state index contributed by atoms with van der Waals surface area (Å²) in [5.74, 6) is -0.122. The molecule has 0 radical (unpaired) electrons. The van der Waals surface area contributed by atoms with Gasteiger partial charge in [-0.15, -0.1) is 10.2 Å². The number of aromatic nitrogens is 2. The van der Waals surface area contributed by atoms with Crippen LogP contribution in [0.25, 0.3) is 0 Å². The van der Waals surface area contributed by atoms with E-state index in [-0.39, 0.29) is 18.1 Å². The first-order valence-corrected chi connectivity index (χ1v) is 6.93. The maximum absolute atomic E-state index is 12.3. The third kappa shape index (κ3) is 3.02. The van der Waals surface area contributed by atoms with Gasteiger partial charge in [0.2, 0.25) is 10.1 Å². The van der Waals surface area contributed by atoms with Gasteiger partial charge >= 0.3 is 0 Å². The van der Waals surface area contributed by atoms with Crippen LogP contribution in [0.4, 0.5) is 5.13 Å². The van der Waals surface area contributed by atoms with Gasteiger partial charge in [-0.05, 0) is 6.92 Å². The summed E-state index contributed by atoms with van der Waals surface area (Å²) in [5.41, 5.74) is 0. The molecule has 1 aliphatic rings. The summed E-state index contributed by atoms with van der Waals surface area (Å²) < 4.78 is 10.6. The van der Waals surface area contributed by atoms with E-state index in [2.05, 4.69) is 15.5 Å². The van der Waals surface area contributed by atoms with E-state index in [1.165, 1.54) is 11.3 Å². The predicted octanol–water partition coefficient (Wildman–Crippen LogP) is 0.456. The summed E-state index contributed by atoms with van der Waals surface area (Å²) in [7, 11) is 3.25. The van der Waals surface area contributed by atoms with Crippen LogP contribution >= 0.6 is 11.3 Å². The third-order valence-electron chi connectivity index (χ3n) is 3.04. The van der Waals surface area contributed by atoms with Gasteiger partial charge in [-0.1, -0.05) is 11.3 Å². The van der Waals surface area contributed by atoms with Crippen LogP contribution in [0, 0.1) is 0 Å². The fourth-order valence-corrected chi connectivity index (χ4v) is 2.81. The minimum absolute atomic E-state index is 0.0879. The Morgan fingerprint density at radius 2 is 2.00 bits per heavy atom. The Morgan fingerprint density at radius 3 is 2.53 bits per heavy atom. The molecule has 2 unspecified atom stereocenters. The zero-order valence-corrected chi connectivity index (χ0v) is 12.1. The molecular formula is C11H18N4O3S. The number of hydrogen-bond donors (Lipinski definition) is 1. The molecule has 1 aromatic rings. The second-order valence-corrected chi connectivity index (χ2v) is 5.18. The van der Waals surface area contributed by atoms with E-state index in [0.717, 1.165) is 6.54 Å². The SMILES string of the molecule is CCNc1nnc(C(=O)N2CC(OC)C(OC)C2)s1. The summed E-state index contributed by atoms with van der Waals surface area (Å²) in [6.07, 6.45) is -0.176. The van der Waals surface area contributed by atoms with Gasteiger partial charge in [0.25, 0.3) is 5.91 Å². The number of rotatable bonds is 5. The molecule has 8 heteroatoms. The zero-order valence-electron chi connectivity index (χ0n) is 11.3. The van der Waals surface area contributed by atoms with Crippen molar-refractivity contribution in [3.63, 3.8) is 0 Å². The largest absolute Gasteiger partial charge is 0.377 e. The lowest BCUT2D eigenvalue weighted by Gasteiger charge is -2.13. The predicted molar refractivity (Wildman–Crippen MR) is 71.6 cm³/mol. The molecule has 7 nitrogen and oxygen atoms in total. The molecular weight excluding hydrogens is 268 g/mol. The van der Waals surface area contributed by atoms with E-state index in [9.17, 15) is 4.79 Å². The number of nitrogens with zero attached hydrogens (tertiary/aromatic N) is 3. The van der Waals surface area contributed by atoms with Gasteiger partial charge in [0.15, 0.2) is 0 Å². The molecule has 1 saturated heterocycles. The lowest BCUT2D eigenvalue weighted by Crippen LogP contribution is -2.30. The Kier molecular flexibility index (Phi) is 4.67. The quantitative estimate of drug-likeness (QED) is 0.847. The van der Waals surface area contributed by atoms with E-state index >= 15 is 0 Å². The Hall–Kier alpha value is -1.25. The average Bonchev–Trinajstić information content (AvgIpc) is 3.04. The number of likely N-dealkylation sites (tertiary alicyclic amines) is 1. The van der Waals surface area contributed by atoms with Gasteiger partial charge in [0, 0.05) is 33.9 Å². The molecule has 106 valence electrons. The lowest BCUT2D eigenvalue weighted by molar-refractivity contribution is -0.00461. The van der Waals surface area contributed by atoms with Crippen molar-refractivity contribution < 1.29 is 14.3 Å². The number of amides is 1. The van der Waals surface area contributed by atoms with Crippen molar-refractivity contribution in [1.29, 1.82) is 0 Å². The van der Waals surface area contributed by atoms with Crippen molar-refractivity contribution in [2.45, 2.75) is 19.1 Å². The van der Waals surface area contributed by atoms with Gasteiger partial charge < -0.3 is 19.7 Å². The Bertz CT molecular complexity index is 427. The summed E-state index contributed by atoms with van der Waals surface area (Å²) in [5, 5.41) is 11.9. The molecule has 1 aromatic heterocycles. The van der Waals surface area contributed by atoms with E-state index in [4.69, 9.17) is 9.47 Å². The first kappa shape index (κ1) is 14.2. The van der Waals surface area contributed by atoms with Gasteiger partial charge in [-0.2, -0.15) is 0 Å². The maximum atomic E-state index is 12.3. The summed E-state index contributed by atoms with van der Waals surface area (Å²) in [6.45, 7) is 3.76. The van der Waals surface area contributed by atoms with Crippen molar-refractivity contribution in [3.8, 4) is 0 Å². The molecule has 0 aromatic carbocycles. The van der Waals surface area contributed by atoms with Crippen molar-refractivity contribution in [2.75, 3.05) is 39.2 Å². The molecule has 0 spiro atoms. The number of hydrogen-bond acceptors (Lipinski definition) is 7. The van der Waals surface area contributed by atoms with E-state index in [0.29, 0.717) is 23.2 Å². The molecule has 0 aliphatic carbocycles. The van der Waals surface area contributed by atoms with Crippen LogP contribution in [0.2, 0.25) is 0 Å². The van der Waals surface area contributed by atoms with Gasteiger partial charge in [-0.25, -0.2) is 0 Å². The van der Waals surface area contributed by atoms with Crippen LogP contribution in [0.5, 0.6) is 0 Å². The molecule has 1 N–H and O–H groups in total. The van der Waals surface area contributed by atoms with Crippen LogP contribution in [0.15, 0.2) is 0 Å². The average molecular weight is 286 g/mol. The lowest BCUT2D eigenvalue weighted by atomic mass is 10.3. The maximum Gasteiger partial charge on any atom is 0.285 e. The summed E-state index contributed by atoms with van der Waals surface area (Å²) in [4.78, 5) is 14.0. The van der Waals surface area contributed by atoms with E-state index < -0.39 is 0 Å². The molecule has 1 aliphatic heterocycles. The highest BCUT2D eigenvalue weighted by Crippen LogP contribution is 2.21. The topological polar surface area (TPSA) is 76.6 Å². The Balaban J connectivity index is 2.03. The van der Waals surface area contributed by atoms with Crippen LogP contribution < -0.4 is 5.32 Å². The highest BCUT2D eigenvalue weighted by atomic mass is 32.1. The molecule has 0 bridgehead atoms. The van der Waals surface area contributed by atoms with Crippen molar-refractivity contribution in [3.05, 3.63) is 5.01 Å². The molecule has 2 rings (SSSR count). The molecule has 0 saturated carbocycles. The van der Waals surface area contributed by atoms with Gasteiger partial charge in [0.05, 0.1) is 0 Å². The number of ether oxygens (including phenoxy) is 2. The number of methoxy groups -OCH3 is 2. The zero-order chi connectivity index (χ0) is 13.8. The monoisotopic (exact) mass is 286 g/mol. The van der Waals surface area contributed by atoms with Crippen LogP contribution in [-0.4, -0.2) is 67.1 Å². The standard InChI is InChI=1S/C11H18N4O3S/c1-4-12-11-14-13-9(19-11)10(16)15-5-7(17-2)8(6-15)18-3/h7-8H,4-6H2,1-3H3,(H,12,14). The second-order valence-electron chi connectivity index (χ2n) is 4.20. The van der Waals surface area contributed by atoms with Gasteiger partial charge in [-0.3, -0.25) is 4.79 Å². The highest BCUT2D eigenvalue weighted by molar-refractivity contribution is 7.17. The van der Waals surface area contributed by atoms with Crippen LogP contribution in [-0.2, 0) is 9.47 Å². The van der Waals surface area contributed by atoms with Crippen LogP contribution in [0.3, 0.4) is 0 Å². The molecule has 1 fully saturated rings.